The van der Waals surface area contributed by atoms with Crippen molar-refractivity contribution in [3.63, 3.8) is 0 Å². The van der Waals surface area contributed by atoms with E-state index in [0.717, 1.165) is 30.0 Å². The second-order valence-corrected chi connectivity index (χ2v) is 6.02. The summed E-state index contributed by atoms with van der Waals surface area (Å²) in [5.41, 5.74) is 2.49. The lowest BCUT2D eigenvalue weighted by molar-refractivity contribution is 0.314. The zero-order valence-electron chi connectivity index (χ0n) is 12.9. The lowest BCUT2D eigenvalue weighted by atomic mass is 10.1. The van der Waals surface area contributed by atoms with Crippen molar-refractivity contribution in [3.8, 4) is 11.5 Å². The van der Waals surface area contributed by atoms with E-state index in [1.54, 1.807) is 18.4 Å². The quantitative estimate of drug-likeness (QED) is 0.803. The van der Waals surface area contributed by atoms with E-state index >= 15 is 0 Å². The van der Waals surface area contributed by atoms with E-state index in [2.05, 4.69) is 42.1 Å². The molecule has 0 aliphatic rings. The van der Waals surface area contributed by atoms with Gasteiger partial charge in [-0.05, 0) is 28.5 Å². The van der Waals surface area contributed by atoms with E-state index < -0.39 is 0 Å². The Bertz CT molecular complexity index is 538. The highest BCUT2D eigenvalue weighted by Crippen LogP contribution is 2.25. The van der Waals surface area contributed by atoms with Crippen LogP contribution in [0.5, 0.6) is 11.5 Å². The van der Waals surface area contributed by atoms with E-state index in [-0.39, 0.29) is 0 Å². The van der Waals surface area contributed by atoms with Gasteiger partial charge in [-0.1, -0.05) is 19.9 Å². The Labute approximate surface area is 130 Å². The van der Waals surface area contributed by atoms with Crippen molar-refractivity contribution in [1.29, 1.82) is 0 Å². The van der Waals surface area contributed by atoms with Crippen molar-refractivity contribution < 1.29 is 9.47 Å². The number of thiophene rings is 1. The molecule has 21 heavy (non-hydrogen) atoms. The summed E-state index contributed by atoms with van der Waals surface area (Å²) in [5.74, 6) is 1.73. The van der Waals surface area contributed by atoms with Crippen LogP contribution in [0, 0.1) is 0 Å². The highest BCUT2D eigenvalue weighted by Gasteiger charge is 2.07. The number of ether oxygens (including phenoxy) is 2. The summed E-state index contributed by atoms with van der Waals surface area (Å²) in [6, 6.07) is 8.59. The first-order valence-electron chi connectivity index (χ1n) is 7.23. The molecule has 0 atom stereocenters. The summed E-state index contributed by atoms with van der Waals surface area (Å²) in [7, 11) is 1.68. The molecule has 2 aromatic rings. The summed E-state index contributed by atoms with van der Waals surface area (Å²) in [4.78, 5) is 0. The van der Waals surface area contributed by atoms with Crippen LogP contribution >= 0.6 is 11.3 Å². The normalized spacial score (nSPS) is 10.9. The van der Waals surface area contributed by atoms with E-state index in [4.69, 9.17) is 9.47 Å². The first-order valence-corrected chi connectivity index (χ1v) is 8.17. The molecule has 0 aliphatic heterocycles. The second kappa shape index (κ2) is 8.05. The van der Waals surface area contributed by atoms with Crippen LogP contribution in [0.1, 0.15) is 25.0 Å². The van der Waals surface area contributed by atoms with Gasteiger partial charge >= 0.3 is 0 Å². The summed E-state index contributed by atoms with van der Waals surface area (Å²) < 4.78 is 11.3. The van der Waals surface area contributed by atoms with Crippen LogP contribution in [0.25, 0.3) is 0 Å². The van der Waals surface area contributed by atoms with E-state index in [1.165, 1.54) is 5.56 Å². The van der Waals surface area contributed by atoms with Crippen LogP contribution in [0.4, 0.5) is 0 Å². The average Bonchev–Trinajstić information content (AvgIpc) is 2.99. The zero-order chi connectivity index (χ0) is 15.1. The average molecular weight is 305 g/mol. The molecule has 0 saturated heterocycles. The van der Waals surface area contributed by atoms with Gasteiger partial charge in [-0.15, -0.1) is 0 Å². The summed E-state index contributed by atoms with van der Waals surface area (Å²) >= 11 is 1.72. The third kappa shape index (κ3) is 5.06. The predicted molar refractivity (Wildman–Crippen MR) is 88.5 cm³/mol. The SMILES string of the molecule is COc1ccc(CNC(C)C)c(OCCc2ccsc2)c1. The van der Waals surface area contributed by atoms with Gasteiger partial charge in [0.2, 0.25) is 0 Å². The largest absolute Gasteiger partial charge is 0.497 e. The Morgan fingerprint density at radius 3 is 2.76 bits per heavy atom. The Morgan fingerprint density at radius 1 is 1.24 bits per heavy atom. The fraction of sp³-hybridized carbons (Fsp3) is 0.412. The highest BCUT2D eigenvalue weighted by molar-refractivity contribution is 7.07. The number of rotatable bonds is 8. The Kier molecular flexibility index (Phi) is 6.08. The van der Waals surface area contributed by atoms with E-state index in [1.807, 2.05) is 12.1 Å². The lowest BCUT2D eigenvalue weighted by Crippen LogP contribution is -2.22. The molecule has 0 spiro atoms. The molecule has 0 fully saturated rings. The molecule has 0 aliphatic carbocycles. The smallest absolute Gasteiger partial charge is 0.127 e. The zero-order valence-corrected chi connectivity index (χ0v) is 13.7. The van der Waals surface area contributed by atoms with Crippen molar-refractivity contribution in [2.45, 2.75) is 32.9 Å². The first-order chi connectivity index (χ1) is 10.2. The molecule has 0 amide bonds. The standard InChI is InChI=1S/C17H23NO2S/c1-13(2)18-11-15-4-5-16(19-3)10-17(15)20-8-6-14-7-9-21-12-14/h4-5,7,9-10,12-13,18H,6,8,11H2,1-3H3. The molecule has 0 saturated carbocycles. The highest BCUT2D eigenvalue weighted by atomic mass is 32.1. The van der Waals surface area contributed by atoms with Gasteiger partial charge in [0.1, 0.15) is 11.5 Å². The molecule has 3 nitrogen and oxygen atoms in total. The van der Waals surface area contributed by atoms with Gasteiger partial charge in [-0.25, -0.2) is 0 Å². The van der Waals surface area contributed by atoms with Crippen LogP contribution < -0.4 is 14.8 Å². The minimum atomic E-state index is 0.450. The summed E-state index contributed by atoms with van der Waals surface area (Å²) in [6.07, 6.45) is 0.928. The molecule has 1 aromatic heterocycles. The van der Waals surface area contributed by atoms with Crippen LogP contribution in [0.2, 0.25) is 0 Å². The monoisotopic (exact) mass is 305 g/mol. The molecule has 4 heteroatoms. The summed E-state index contributed by atoms with van der Waals surface area (Å²) in [5, 5.41) is 7.68. The third-order valence-corrected chi connectivity index (χ3v) is 3.94. The van der Waals surface area contributed by atoms with Gasteiger partial charge in [0.15, 0.2) is 0 Å². The topological polar surface area (TPSA) is 30.5 Å². The van der Waals surface area contributed by atoms with Gasteiger partial charge in [0, 0.05) is 30.6 Å². The number of benzene rings is 1. The Hall–Kier alpha value is -1.52. The second-order valence-electron chi connectivity index (χ2n) is 5.24. The maximum Gasteiger partial charge on any atom is 0.127 e. The number of nitrogens with one attached hydrogen (secondary N) is 1. The fourth-order valence-electron chi connectivity index (χ4n) is 1.97. The van der Waals surface area contributed by atoms with Crippen LogP contribution in [0.15, 0.2) is 35.0 Å². The van der Waals surface area contributed by atoms with Crippen molar-refractivity contribution in [2.75, 3.05) is 13.7 Å². The van der Waals surface area contributed by atoms with Crippen LogP contribution in [-0.4, -0.2) is 19.8 Å². The number of hydrogen-bond donors (Lipinski definition) is 1. The maximum absolute atomic E-state index is 5.97. The van der Waals surface area contributed by atoms with Crippen molar-refractivity contribution in [3.05, 3.63) is 46.2 Å². The van der Waals surface area contributed by atoms with Gasteiger partial charge < -0.3 is 14.8 Å². The van der Waals surface area contributed by atoms with E-state index in [9.17, 15) is 0 Å². The first kappa shape index (κ1) is 15.9. The number of methoxy groups -OCH3 is 1. The van der Waals surface area contributed by atoms with Crippen molar-refractivity contribution in [1.82, 2.24) is 5.32 Å². The molecule has 2 rings (SSSR count). The van der Waals surface area contributed by atoms with E-state index in [0.29, 0.717) is 12.6 Å². The van der Waals surface area contributed by atoms with Gasteiger partial charge in [0.05, 0.1) is 13.7 Å². The molecule has 0 radical (unpaired) electrons. The summed E-state index contributed by atoms with van der Waals surface area (Å²) in [6.45, 7) is 5.76. The molecule has 0 bridgehead atoms. The molecule has 1 aromatic carbocycles. The van der Waals surface area contributed by atoms with Gasteiger partial charge in [-0.2, -0.15) is 11.3 Å². The molecular formula is C17H23NO2S. The Morgan fingerprint density at radius 2 is 2.10 bits per heavy atom. The fourth-order valence-corrected chi connectivity index (χ4v) is 2.67. The molecular weight excluding hydrogens is 282 g/mol. The molecule has 1 N–H and O–H groups in total. The van der Waals surface area contributed by atoms with Gasteiger partial charge in [0.25, 0.3) is 0 Å². The lowest BCUT2D eigenvalue weighted by Gasteiger charge is -2.15. The minimum Gasteiger partial charge on any atom is -0.497 e. The third-order valence-electron chi connectivity index (χ3n) is 3.20. The number of hydrogen-bond acceptors (Lipinski definition) is 4. The minimum absolute atomic E-state index is 0.450. The predicted octanol–water partition coefficient (Wildman–Crippen LogP) is 3.88. The molecule has 0 unspecified atom stereocenters. The van der Waals surface area contributed by atoms with Crippen molar-refractivity contribution in [2.24, 2.45) is 0 Å². The van der Waals surface area contributed by atoms with Crippen LogP contribution in [0.3, 0.4) is 0 Å². The van der Waals surface area contributed by atoms with Gasteiger partial charge in [-0.3, -0.25) is 0 Å². The molecule has 1 heterocycles. The molecule has 114 valence electrons. The maximum atomic E-state index is 5.97. The van der Waals surface area contributed by atoms with Crippen LogP contribution in [-0.2, 0) is 13.0 Å². The Balaban J connectivity index is 1.99. The van der Waals surface area contributed by atoms with Crippen molar-refractivity contribution >= 4 is 11.3 Å².